The first-order chi connectivity index (χ1) is 7.02. The normalized spacial score (nSPS) is 10.4. The second-order valence-corrected chi connectivity index (χ2v) is 3.31. The number of aromatic nitrogens is 1. The van der Waals surface area contributed by atoms with Crippen molar-refractivity contribution in [2.24, 2.45) is 5.73 Å². The Morgan fingerprint density at radius 2 is 2.33 bits per heavy atom. The van der Waals surface area contributed by atoms with Gasteiger partial charge in [-0.1, -0.05) is 12.2 Å². The zero-order valence-electron chi connectivity index (χ0n) is 8.04. The molecule has 0 radical (unpaired) electrons. The van der Waals surface area contributed by atoms with E-state index in [0.717, 1.165) is 5.56 Å². The molecule has 0 aliphatic heterocycles. The van der Waals surface area contributed by atoms with Crippen molar-refractivity contribution in [1.29, 1.82) is 0 Å². The molecule has 0 fully saturated rings. The van der Waals surface area contributed by atoms with Crippen molar-refractivity contribution >= 4 is 17.2 Å². The largest absolute Gasteiger partial charge is 0.471 e. The van der Waals surface area contributed by atoms with Crippen LogP contribution in [0.1, 0.15) is 11.1 Å². The number of halogens is 2. The van der Waals surface area contributed by atoms with E-state index < -0.39 is 13.0 Å². The smallest absolute Gasteiger partial charge is 0.272 e. The number of aryl methyl sites for hydroxylation is 1. The molecule has 0 atom stereocenters. The van der Waals surface area contributed by atoms with Gasteiger partial charge in [0.25, 0.3) is 6.43 Å². The van der Waals surface area contributed by atoms with Crippen LogP contribution in [0.5, 0.6) is 5.88 Å². The molecule has 0 aliphatic carbocycles. The van der Waals surface area contributed by atoms with Crippen LogP contribution in [0.25, 0.3) is 0 Å². The number of nitrogens with two attached hydrogens (primary N) is 1. The van der Waals surface area contributed by atoms with Gasteiger partial charge < -0.3 is 10.5 Å². The Hall–Kier alpha value is -1.30. The summed E-state index contributed by atoms with van der Waals surface area (Å²) >= 11 is 4.79. The van der Waals surface area contributed by atoms with Gasteiger partial charge in [-0.2, -0.15) is 0 Å². The van der Waals surface area contributed by atoms with Gasteiger partial charge in [0.15, 0.2) is 6.61 Å². The van der Waals surface area contributed by atoms with E-state index in [1.165, 1.54) is 6.20 Å². The summed E-state index contributed by atoms with van der Waals surface area (Å²) in [5.74, 6) is 0.0581. The van der Waals surface area contributed by atoms with Crippen LogP contribution >= 0.6 is 12.2 Å². The van der Waals surface area contributed by atoms with Gasteiger partial charge in [-0.05, 0) is 18.6 Å². The van der Waals surface area contributed by atoms with Crippen LogP contribution < -0.4 is 10.5 Å². The number of rotatable bonds is 4. The highest BCUT2D eigenvalue weighted by atomic mass is 32.1. The molecule has 6 heteroatoms. The predicted octanol–water partition coefficient (Wildman–Crippen LogP) is 1.67. The Morgan fingerprint density at radius 3 is 2.87 bits per heavy atom. The van der Waals surface area contributed by atoms with Gasteiger partial charge in [-0.15, -0.1) is 0 Å². The molecule has 1 heterocycles. The lowest BCUT2D eigenvalue weighted by Gasteiger charge is -2.10. The molecule has 15 heavy (non-hydrogen) atoms. The predicted molar refractivity (Wildman–Crippen MR) is 56.4 cm³/mol. The molecule has 1 aromatic rings. The molecule has 3 nitrogen and oxygen atoms in total. The van der Waals surface area contributed by atoms with Gasteiger partial charge in [0.1, 0.15) is 4.99 Å². The van der Waals surface area contributed by atoms with Gasteiger partial charge in [0.05, 0.1) is 5.56 Å². The fourth-order valence-electron chi connectivity index (χ4n) is 1.08. The third-order valence-corrected chi connectivity index (χ3v) is 1.92. The Kier molecular flexibility index (Phi) is 3.90. The van der Waals surface area contributed by atoms with E-state index in [1.807, 2.05) is 0 Å². The van der Waals surface area contributed by atoms with E-state index in [4.69, 9.17) is 22.7 Å². The lowest BCUT2D eigenvalue weighted by Crippen LogP contribution is -2.16. The van der Waals surface area contributed by atoms with E-state index in [1.54, 1.807) is 13.0 Å². The summed E-state index contributed by atoms with van der Waals surface area (Å²) in [5, 5.41) is 0. The SMILES string of the molecule is Cc1ccnc(OCC(F)F)c1C(N)=S. The fourth-order valence-corrected chi connectivity index (χ4v) is 1.33. The Morgan fingerprint density at radius 1 is 1.67 bits per heavy atom. The first-order valence-corrected chi connectivity index (χ1v) is 4.59. The molecule has 2 N–H and O–H groups in total. The van der Waals surface area contributed by atoms with Crippen molar-refractivity contribution in [2.75, 3.05) is 6.61 Å². The zero-order chi connectivity index (χ0) is 11.4. The van der Waals surface area contributed by atoms with Crippen molar-refractivity contribution in [2.45, 2.75) is 13.3 Å². The Labute approximate surface area is 91.3 Å². The number of alkyl halides is 2. The molecule has 82 valence electrons. The summed E-state index contributed by atoms with van der Waals surface area (Å²) in [4.78, 5) is 3.90. The van der Waals surface area contributed by atoms with E-state index in [0.29, 0.717) is 5.56 Å². The van der Waals surface area contributed by atoms with E-state index in [9.17, 15) is 8.78 Å². The topological polar surface area (TPSA) is 48.1 Å². The summed E-state index contributed by atoms with van der Waals surface area (Å²) in [7, 11) is 0. The molecule has 0 aromatic carbocycles. The molecule has 0 unspecified atom stereocenters. The molecule has 0 saturated carbocycles. The number of thiocarbonyl (C=S) groups is 1. The lowest BCUT2D eigenvalue weighted by atomic mass is 10.1. The van der Waals surface area contributed by atoms with Gasteiger partial charge in [-0.25, -0.2) is 13.8 Å². The van der Waals surface area contributed by atoms with Crippen LogP contribution in [0.4, 0.5) is 8.78 Å². The Bertz CT molecular complexity index is 371. The minimum Gasteiger partial charge on any atom is -0.471 e. The maximum atomic E-state index is 11.9. The Balaban J connectivity index is 2.96. The molecular formula is C9H10F2N2OS. The number of ether oxygens (including phenoxy) is 1. The van der Waals surface area contributed by atoms with Crippen LogP contribution in [0.2, 0.25) is 0 Å². The van der Waals surface area contributed by atoms with E-state index in [2.05, 4.69) is 4.98 Å². The maximum absolute atomic E-state index is 11.9. The van der Waals surface area contributed by atoms with Crippen LogP contribution in [0.15, 0.2) is 12.3 Å². The fraction of sp³-hybridized carbons (Fsp3) is 0.333. The second-order valence-electron chi connectivity index (χ2n) is 2.87. The van der Waals surface area contributed by atoms with Crippen LogP contribution in [0, 0.1) is 6.92 Å². The highest BCUT2D eigenvalue weighted by Crippen LogP contribution is 2.19. The van der Waals surface area contributed by atoms with Crippen molar-refractivity contribution in [3.63, 3.8) is 0 Å². The molecule has 0 saturated heterocycles. The third kappa shape index (κ3) is 3.09. The van der Waals surface area contributed by atoms with Gasteiger partial charge in [0.2, 0.25) is 5.88 Å². The molecule has 0 spiro atoms. The van der Waals surface area contributed by atoms with Crippen molar-refractivity contribution in [3.8, 4) is 5.88 Å². The first kappa shape index (κ1) is 11.8. The van der Waals surface area contributed by atoms with Gasteiger partial charge >= 0.3 is 0 Å². The summed E-state index contributed by atoms with van der Waals surface area (Å²) in [6.07, 6.45) is -1.09. The number of pyridine rings is 1. The maximum Gasteiger partial charge on any atom is 0.272 e. The van der Waals surface area contributed by atoms with Gasteiger partial charge in [-0.3, -0.25) is 0 Å². The molecule has 1 aromatic heterocycles. The van der Waals surface area contributed by atoms with Gasteiger partial charge in [0, 0.05) is 6.20 Å². The van der Waals surface area contributed by atoms with Crippen LogP contribution in [-0.4, -0.2) is 23.0 Å². The quantitative estimate of drug-likeness (QED) is 0.802. The molecule has 0 aliphatic rings. The monoisotopic (exact) mass is 232 g/mol. The van der Waals surface area contributed by atoms with Crippen molar-refractivity contribution in [3.05, 3.63) is 23.4 Å². The van der Waals surface area contributed by atoms with Crippen molar-refractivity contribution < 1.29 is 13.5 Å². The number of nitrogens with zero attached hydrogens (tertiary/aromatic N) is 1. The summed E-state index contributed by atoms with van der Waals surface area (Å²) < 4.78 is 28.7. The average molecular weight is 232 g/mol. The van der Waals surface area contributed by atoms with E-state index >= 15 is 0 Å². The molecule has 0 bridgehead atoms. The minimum absolute atomic E-state index is 0.0581. The highest BCUT2D eigenvalue weighted by molar-refractivity contribution is 7.80. The molecule has 0 amide bonds. The summed E-state index contributed by atoms with van der Waals surface area (Å²) in [6.45, 7) is 1.04. The minimum atomic E-state index is -2.55. The molecular weight excluding hydrogens is 222 g/mol. The molecule has 1 rings (SSSR count). The lowest BCUT2D eigenvalue weighted by molar-refractivity contribution is 0.0795. The summed E-state index contributed by atoms with van der Waals surface area (Å²) in [6, 6.07) is 1.68. The number of hydrogen-bond acceptors (Lipinski definition) is 3. The third-order valence-electron chi connectivity index (χ3n) is 1.72. The zero-order valence-corrected chi connectivity index (χ0v) is 8.85. The van der Waals surface area contributed by atoms with Crippen LogP contribution in [0.3, 0.4) is 0 Å². The summed E-state index contributed by atoms with van der Waals surface area (Å²) in [5.41, 5.74) is 6.61. The average Bonchev–Trinajstić information content (AvgIpc) is 2.13. The van der Waals surface area contributed by atoms with Crippen LogP contribution in [-0.2, 0) is 0 Å². The first-order valence-electron chi connectivity index (χ1n) is 4.18. The standard InChI is InChI=1S/C9H10F2N2OS/c1-5-2-3-13-9(7(5)8(12)15)14-4-6(10)11/h2-3,6H,4H2,1H3,(H2,12,15). The van der Waals surface area contributed by atoms with E-state index in [-0.39, 0.29) is 10.9 Å². The number of hydrogen-bond donors (Lipinski definition) is 1. The highest BCUT2D eigenvalue weighted by Gasteiger charge is 2.13. The second kappa shape index (κ2) is 4.97. The van der Waals surface area contributed by atoms with Crippen molar-refractivity contribution in [1.82, 2.24) is 4.98 Å².